The number of ether oxygens (including phenoxy) is 1. The van der Waals surface area contributed by atoms with Crippen molar-refractivity contribution < 1.29 is 17.9 Å². The Balaban J connectivity index is 2.79. The predicted molar refractivity (Wildman–Crippen MR) is 68.7 cm³/mol. The Hall–Kier alpha value is -1.40. The molecule has 0 aliphatic rings. The topological polar surface area (TPSA) is 63.7 Å². The smallest absolute Gasteiger partial charge is 0.337 e. The molecule has 0 unspecified atom stereocenters. The number of carbonyl (C=O) groups excluding carboxylic acids is 1. The molecule has 0 aliphatic carbocycles. The maximum Gasteiger partial charge on any atom is 0.337 e. The van der Waals surface area contributed by atoms with E-state index in [1.54, 1.807) is 31.2 Å². The molecule has 0 spiro atoms. The van der Waals surface area contributed by atoms with E-state index in [4.69, 9.17) is 0 Å². The van der Waals surface area contributed by atoms with Crippen LogP contribution in [0.25, 0.3) is 0 Å². The molecular formula is C12H17NO4S. The average Bonchev–Trinajstić information content (AvgIpc) is 2.38. The van der Waals surface area contributed by atoms with Crippen molar-refractivity contribution in [3.05, 3.63) is 35.4 Å². The number of hydrogen-bond donors (Lipinski definition) is 0. The van der Waals surface area contributed by atoms with Gasteiger partial charge in [-0.2, -0.15) is 0 Å². The molecule has 6 heteroatoms. The van der Waals surface area contributed by atoms with Crippen LogP contribution in [0.2, 0.25) is 0 Å². The summed E-state index contributed by atoms with van der Waals surface area (Å²) in [5, 5.41) is 0. The fourth-order valence-electron chi connectivity index (χ4n) is 1.44. The Morgan fingerprint density at radius 2 is 1.83 bits per heavy atom. The molecule has 0 fully saturated rings. The van der Waals surface area contributed by atoms with Crippen LogP contribution in [0.5, 0.6) is 0 Å². The first-order valence-corrected chi connectivity index (χ1v) is 7.13. The van der Waals surface area contributed by atoms with Gasteiger partial charge in [-0.3, -0.25) is 0 Å². The van der Waals surface area contributed by atoms with Gasteiger partial charge in [0.25, 0.3) is 0 Å². The highest BCUT2D eigenvalue weighted by molar-refractivity contribution is 7.89. The highest BCUT2D eigenvalue weighted by atomic mass is 32.2. The number of benzene rings is 1. The molecule has 0 aliphatic heterocycles. The van der Waals surface area contributed by atoms with Crippen molar-refractivity contribution in [1.29, 1.82) is 0 Å². The number of nitrogens with zero attached hydrogens (tertiary/aromatic N) is 1. The fraction of sp³-hybridized carbons (Fsp3) is 0.417. The quantitative estimate of drug-likeness (QED) is 0.756. The van der Waals surface area contributed by atoms with Crippen molar-refractivity contribution >= 4 is 16.0 Å². The molecule has 0 aromatic heterocycles. The van der Waals surface area contributed by atoms with Crippen molar-refractivity contribution in [2.24, 2.45) is 0 Å². The maximum atomic E-state index is 11.6. The molecule has 18 heavy (non-hydrogen) atoms. The third-order valence-electron chi connectivity index (χ3n) is 2.62. The van der Waals surface area contributed by atoms with Gasteiger partial charge in [0.15, 0.2) is 0 Å². The van der Waals surface area contributed by atoms with Gasteiger partial charge < -0.3 is 4.74 Å². The van der Waals surface area contributed by atoms with E-state index in [0.717, 1.165) is 5.56 Å². The number of hydrogen-bond acceptors (Lipinski definition) is 4. The van der Waals surface area contributed by atoms with Crippen LogP contribution in [0.1, 0.15) is 22.8 Å². The lowest BCUT2D eigenvalue weighted by atomic mass is 10.1. The van der Waals surface area contributed by atoms with Crippen LogP contribution in [0.15, 0.2) is 24.3 Å². The second-order valence-electron chi connectivity index (χ2n) is 3.85. The van der Waals surface area contributed by atoms with E-state index in [0.29, 0.717) is 5.56 Å². The van der Waals surface area contributed by atoms with Gasteiger partial charge in [-0.1, -0.05) is 12.1 Å². The number of rotatable bonds is 5. The molecule has 0 bridgehead atoms. The van der Waals surface area contributed by atoms with Crippen LogP contribution in [0.4, 0.5) is 0 Å². The Kier molecular flexibility index (Phi) is 4.86. The second kappa shape index (κ2) is 5.97. The first-order chi connectivity index (χ1) is 8.40. The molecule has 100 valence electrons. The summed E-state index contributed by atoms with van der Waals surface area (Å²) in [6.45, 7) is 1.89. The second-order valence-corrected chi connectivity index (χ2v) is 6.21. The number of esters is 1. The highest BCUT2D eigenvalue weighted by Gasteiger charge is 2.15. The van der Waals surface area contributed by atoms with Crippen LogP contribution < -0.4 is 0 Å². The number of carbonyl (C=O) groups is 1. The summed E-state index contributed by atoms with van der Waals surface area (Å²) in [5.41, 5.74) is 1.27. The summed E-state index contributed by atoms with van der Waals surface area (Å²) in [5.74, 6) is -0.333. The van der Waals surface area contributed by atoms with Crippen molar-refractivity contribution in [1.82, 2.24) is 4.31 Å². The molecule has 1 aromatic carbocycles. The molecule has 0 saturated heterocycles. The largest absolute Gasteiger partial charge is 0.465 e. The molecule has 0 radical (unpaired) electrons. The van der Waals surface area contributed by atoms with Crippen molar-refractivity contribution in [2.75, 3.05) is 19.9 Å². The first kappa shape index (κ1) is 14.7. The number of methoxy groups -OCH3 is 1. The normalized spacial score (nSPS) is 11.6. The Morgan fingerprint density at radius 1 is 1.28 bits per heavy atom. The molecule has 5 nitrogen and oxygen atoms in total. The molecule has 0 saturated carbocycles. The van der Waals surface area contributed by atoms with Crippen molar-refractivity contribution in [2.45, 2.75) is 13.5 Å². The molecule has 1 rings (SSSR count). The fourth-order valence-corrected chi connectivity index (χ4v) is 2.23. The summed E-state index contributed by atoms with van der Waals surface area (Å²) >= 11 is 0. The Labute approximate surface area is 107 Å². The van der Waals surface area contributed by atoms with Crippen LogP contribution in [0, 0.1) is 0 Å². The summed E-state index contributed by atoms with van der Waals surface area (Å²) in [6.07, 6.45) is 0. The zero-order valence-corrected chi connectivity index (χ0v) is 11.5. The molecule has 0 atom stereocenters. The third kappa shape index (κ3) is 3.54. The van der Waals surface area contributed by atoms with Gasteiger partial charge >= 0.3 is 5.97 Å². The third-order valence-corrected chi connectivity index (χ3v) is 4.43. The summed E-state index contributed by atoms with van der Waals surface area (Å²) in [6, 6.07) is 6.67. The van der Waals surface area contributed by atoms with E-state index >= 15 is 0 Å². The lowest BCUT2D eigenvalue weighted by molar-refractivity contribution is 0.0600. The zero-order chi connectivity index (χ0) is 13.8. The van der Waals surface area contributed by atoms with E-state index in [1.165, 1.54) is 18.5 Å². The van der Waals surface area contributed by atoms with Crippen molar-refractivity contribution in [3.63, 3.8) is 0 Å². The average molecular weight is 271 g/mol. The Morgan fingerprint density at radius 3 is 2.28 bits per heavy atom. The van der Waals surface area contributed by atoms with Gasteiger partial charge in [0.2, 0.25) is 10.0 Å². The van der Waals surface area contributed by atoms with Crippen molar-refractivity contribution in [3.8, 4) is 0 Å². The standard InChI is InChI=1S/C12H17NO4S/c1-4-18(15,16)13(2)9-10-5-7-11(8-6-10)12(14)17-3/h5-8H,4,9H2,1-3H3. The molecule has 0 N–H and O–H groups in total. The van der Waals surface area contributed by atoms with Crippen LogP contribution in [-0.4, -0.2) is 38.6 Å². The minimum absolute atomic E-state index is 0.0732. The lowest BCUT2D eigenvalue weighted by Gasteiger charge is -2.15. The van der Waals surface area contributed by atoms with Gasteiger partial charge in [-0.25, -0.2) is 17.5 Å². The van der Waals surface area contributed by atoms with Crippen LogP contribution in [-0.2, 0) is 21.3 Å². The van der Waals surface area contributed by atoms with Gasteiger partial charge in [0.05, 0.1) is 18.4 Å². The molecular weight excluding hydrogens is 254 g/mol. The van der Waals surface area contributed by atoms with Gasteiger partial charge in [-0.05, 0) is 24.6 Å². The van der Waals surface area contributed by atoms with Gasteiger partial charge in [0.1, 0.15) is 0 Å². The van der Waals surface area contributed by atoms with Gasteiger partial charge in [0, 0.05) is 13.6 Å². The zero-order valence-electron chi connectivity index (χ0n) is 10.7. The minimum Gasteiger partial charge on any atom is -0.465 e. The summed E-state index contributed by atoms with van der Waals surface area (Å²) in [7, 11) is -0.334. The monoisotopic (exact) mass is 271 g/mol. The van der Waals surface area contributed by atoms with E-state index in [2.05, 4.69) is 4.74 Å². The molecule has 1 aromatic rings. The highest BCUT2D eigenvalue weighted by Crippen LogP contribution is 2.10. The first-order valence-electron chi connectivity index (χ1n) is 5.52. The minimum atomic E-state index is -3.19. The lowest BCUT2D eigenvalue weighted by Crippen LogP contribution is -2.27. The van der Waals surface area contributed by atoms with E-state index < -0.39 is 16.0 Å². The van der Waals surface area contributed by atoms with Crippen LogP contribution in [0.3, 0.4) is 0 Å². The van der Waals surface area contributed by atoms with E-state index in [9.17, 15) is 13.2 Å². The van der Waals surface area contributed by atoms with E-state index in [1.807, 2.05) is 0 Å². The Bertz CT molecular complexity index is 507. The summed E-state index contributed by atoms with van der Waals surface area (Å²) in [4.78, 5) is 11.2. The van der Waals surface area contributed by atoms with E-state index in [-0.39, 0.29) is 12.3 Å². The molecule has 0 heterocycles. The predicted octanol–water partition coefficient (Wildman–Crippen LogP) is 1.25. The SMILES string of the molecule is CCS(=O)(=O)N(C)Cc1ccc(C(=O)OC)cc1. The maximum absolute atomic E-state index is 11.6. The summed E-state index contributed by atoms with van der Waals surface area (Å²) < 4.78 is 29.0. The number of sulfonamides is 1. The van der Waals surface area contributed by atoms with Gasteiger partial charge in [-0.15, -0.1) is 0 Å². The van der Waals surface area contributed by atoms with Crippen LogP contribution >= 0.6 is 0 Å². The molecule has 0 amide bonds.